The van der Waals surface area contributed by atoms with E-state index in [0.717, 1.165) is 36.7 Å². The Morgan fingerprint density at radius 2 is 1.83 bits per heavy atom. The molecule has 36 heavy (non-hydrogen) atoms. The van der Waals surface area contributed by atoms with Crippen LogP contribution in [0.1, 0.15) is 55.2 Å². The van der Waals surface area contributed by atoms with E-state index in [0.29, 0.717) is 48.7 Å². The molecule has 11 heteroatoms. The number of H-pyrrole nitrogens is 1. The highest BCUT2D eigenvalue weighted by molar-refractivity contribution is 5.96. The van der Waals surface area contributed by atoms with Gasteiger partial charge in [-0.05, 0) is 50.7 Å². The van der Waals surface area contributed by atoms with Crippen LogP contribution >= 0.6 is 0 Å². The number of hydrogen-bond donors (Lipinski definition) is 3. The number of fused-ring (bicyclic) bond motifs is 2. The average Bonchev–Trinajstić information content (AvgIpc) is 3.41. The first-order valence-corrected chi connectivity index (χ1v) is 12.6. The van der Waals surface area contributed by atoms with Crippen LogP contribution in [-0.2, 0) is 7.05 Å². The second-order valence-corrected chi connectivity index (χ2v) is 9.88. The van der Waals surface area contributed by atoms with E-state index >= 15 is 0 Å². The van der Waals surface area contributed by atoms with Crippen molar-refractivity contribution in [3.63, 3.8) is 0 Å². The van der Waals surface area contributed by atoms with Gasteiger partial charge in [-0.3, -0.25) is 9.36 Å². The Balaban J connectivity index is 1.22. The first-order valence-electron chi connectivity index (χ1n) is 12.6. The number of hydrogen-bond acceptors (Lipinski definition) is 7. The van der Waals surface area contributed by atoms with Crippen molar-refractivity contribution in [2.45, 2.75) is 56.7 Å². The van der Waals surface area contributed by atoms with Gasteiger partial charge in [0.05, 0.1) is 17.1 Å². The van der Waals surface area contributed by atoms with Gasteiger partial charge in [-0.1, -0.05) is 12.1 Å². The molecule has 1 saturated carbocycles. The molecule has 0 atom stereocenters. The van der Waals surface area contributed by atoms with Crippen LogP contribution in [0.25, 0.3) is 22.2 Å². The van der Waals surface area contributed by atoms with Crippen molar-refractivity contribution >= 4 is 33.9 Å². The highest BCUT2D eigenvalue weighted by atomic mass is 16.3. The van der Waals surface area contributed by atoms with E-state index in [2.05, 4.69) is 30.2 Å². The normalized spacial score (nSPS) is 21.3. The number of imidazole rings is 2. The van der Waals surface area contributed by atoms with Crippen LogP contribution in [-0.4, -0.2) is 65.3 Å². The summed E-state index contributed by atoms with van der Waals surface area (Å²) in [6, 6.07) is 7.91. The molecule has 3 aromatic heterocycles. The summed E-state index contributed by atoms with van der Waals surface area (Å²) < 4.78 is 3.58. The molecule has 4 aromatic rings. The highest BCUT2D eigenvalue weighted by Crippen LogP contribution is 2.30. The number of rotatable bonds is 4. The maximum absolute atomic E-state index is 13.0. The Morgan fingerprint density at radius 1 is 1.08 bits per heavy atom. The molecule has 188 valence electrons. The molecule has 0 unspecified atom stereocenters. The summed E-state index contributed by atoms with van der Waals surface area (Å²) in [6.45, 7) is 1.43. The number of nitrogens with zero attached hydrogens (tertiary/aromatic N) is 6. The maximum Gasteiger partial charge on any atom is 0.326 e. The van der Waals surface area contributed by atoms with E-state index in [1.165, 1.54) is 6.33 Å². The molecule has 1 amide bonds. The molecule has 0 bridgehead atoms. The number of aromatic nitrogens is 6. The lowest BCUT2D eigenvalue weighted by molar-refractivity contribution is 0.0856. The molecular formula is C25H30N8O3. The van der Waals surface area contributed by atoms with Gasteiger partial charge in [0.15, 0.2) is 17.0 Å². The number of anilines is 1. The number of piperidine rings is 1. The number of aryl methyl sites for hydroxylation is 1. The third-order valence-electron chi connectivity index (χ3n) is 7.62. The van der Waals surface area contributed by atoms with E-state index in [-0.39, 0.29) is 29.8 Å². The van der Waals surface area contributed by atoms with E-state index in [1.54, 1.807) is 11.6 Å². The van der Waals surface area contributed by atoms with Gasteiger partial charge >= 0.3 is 5.69 Å². The third kappa shape index (κ3) is 3.93. The van der Waals surface area contributed by atoms with Gasteiger partial charge in [-0.25, -0.2) is 19.7 Å². The standard InChI is InChI=1S/C25H30N8O3/c1-31-21-20(30-23(31)24(35)28-15-6-8-17(34)9-7-15)22(27-14-26-21)32-12-10-16(11-13-32)33-19-5-3-2-4-18(19)29-25(33)36/h2-5,14-17,34H,6-13H2,1H3,(H,28,35)(H,29,36)/t15-,17-. The summed E-state index contributed by atoms with van der Waals surface area (Å²) in [5.41, 5.74) is 2.92. The molecule has 0 spiro atoms. The minimum atomic E-state index is -0.273. The minimum Gasteiger partial charge on any atom is -0.393 e. The SMILES string of the molecule is Cn1c(C(=O)N[C@H]2CC[C@H](O)CC2)nc2c(N3CCC(n4c(=O)[nH]c5ccccc54)CC3)ncnc21. The molecule has 1 aliphatic heterocycles. The van der Waals surface area contributed by atoms with Crippen LogP contribution in [0.5, 0.6) is 0 Å². The quantitative estimate of drug-likeness (QED) is 0.398. The first-order chi connectivity index (χ1) is 17.5. The molecule has 6 rings (SSSR count). The number of para-hydroxylation sites is 2. The third-order valence-corrected chi connectivity index (χ3v) is 7.62. The van der Waals surface area contributed by atoms with Gasteiger partial charge in [0.1, 0.15) is 6.33 Å². The molecule has 1 aromatic carbocycles. The molecule has 2 fully saturated rings. The Labute approximate surface area is 207 Å². The summed E-state index contributed by atoms with van der Waals surface area (Å²) in [6.07, 6.45) is 5.74. The molecule has 2 aliphatic rings. The number of nitrogens with one attached hydrogen (secondary N) is 2. The van der Waals surface area contributed by atoms with Gasteiger partial charge < -0.3 is 24.9 Å². The molecule has 3 N–H and O–H groups in total. The smallest absolute Gasteiger partial charge is 0.326 e. The Hall–Kier alpha value is -3.73. The monoisotopic (exact) mass is 490 g/mol. The summed E-state index contributed by atoms with van der Waals surface area (Å²) >= 11 is 0. The lowest BCUT2D eigenvalue weighted by atomic mass is 9.93. The Kier molecular flexibility index (Phi) is 5.71. The largest absolute Gasteiger partial charge is 0.393 e. The molecule has 11 nitrogen and oxygen atoms in total. The zero-order valence-corrected chi connectivity index (χ0v) is 20.2. The van der Waals surface area contributed by atoms with Crippen LogP contribution in [0.3, 0.4) is 0 Å². The van der Waals surface area contributed by atoms with Crippen molar-refractivity contribution in [2.75, 3.05) is 18.0 Å². The predicted molar refractivity (Wildman–Crippen MR) is 135 cm³/mol. The summed E-state index contributed by atoms with van der Waals surface area (Å²) in [7, 11) is 1.79. The number of amides is 1. The molecule has 0 radical (unpaired) electrons. The molecule has 1 saturated heterocycles. The minimum absolute atomic E-state index is 0.0400. The van der Waals surface area contributed by atoms with E-state index in [1.807, 2.05) is 28.8 Å². The maximum atomic E-state index is 13.0. The highest BCUT2D eigenvalue weighted by Gasteiger charge is 2.28. The molecule has 1 aliphatic carbocycles. The summed E-state index contributed by atoms with van der Waals surface area (Å²) in [5.74, 6) is 0.776. The van der Waals surface area contributed by atoms with Crippen LogP contribution in [0.15, 0.2) is 35.4 Å². The Bertz CT molecular complexity index is 1470. The fourth-order valence-corrected chi connectivity index (χ4v) is 5.66. The van der Waals surface area contributed by atoms with Crippen molar-refractivity contribution in [1.82, 2.24) is 34.4 Å². The molecular weight excluding hydrogens is 460 g/mol. The number of aliphatic hydroxyl groups excluding tert-OH is 1. The summed E-state index contributed by atoms with van der Waals surface area (Å²) in [5, 5.41) is 12.8. The van der Waals surface area contributed by atoms with Crippen molar-refractivity contribution in [2.24, 2.45) is 7.05 Å². The number of aliphatic hydroxyl groups is 1. The van der Waals surface area contributed by atoms with Gasteiger partial charge in [0.25, 0.3) is 5.91 Å². The van der Waals surface area contributed by atoms with Crippen molar-refractivity contribution < 1.29 is 9.90 Å². The van der Waals surface area contributed by atoms with Gasteiger partial charge in [0, 0.05) is 32.2 Å². The van der Waals surface area contributed by atoms with Crippen LogP contribution in [0.4, 0.5) is 5.82 Å². The zero-order chi connectivity index (χ0) is 24.8. The first kappa shape index (κ1) is 22.7. The van der Waals surface area contributed by atoms with E-state index in [9.17, 15) is 14.7 Å². The van der Waals surface area contributed by atoms with Crippen LogP contribution < -0.4 is 15.9 Å². The van der Waals surface area contributed by atoms with E-state index in [4.69, 9.17) is 0 Å². The van der Waals surface area contributed by atoms with Gasteiger partial charge in [-0.2, -0.15) is 0 Å². The molecule has 4 heterocycles. The lowest BCUT2D eigenvalue weighted by Crippen LogP contribution is -2.39. The van der Waals surface area contributed by atoms with Crippen molar-refractivity contribution in [3.8, 4) is 0 Å². The number of carbonyl (C=O) groups excluding carboxylic acids is 1. The van der Waals surface area contributed by atoms with Crippen LogP contribution in [0.2, 0.25) is 0 Å². The summed E-state index contributed by atoms with van der Waals surface area (Å²) in [4.78, 5) is 44.4. The second kappa shape index (κ2) is 9.05. The van der Waals surface area contributed by atoms with Crippen LogP contribution in [0, 0.1) is 0 Å². The fraction of sp³-hybridized carbons (Fsp3) is 0.480. The van der Waals surface area contributed by atoms with Crippen molar-refractivity contribution in [1.29, 1.82) is 0 Å². The fourth-order valence-electron chi connectivity index (χ4n) is 5.66. The van der Waals surface area contributed by atoms with Gasteiger partial charge in [-0.15, -0.1) is 0 Å². The topological polar surface area (TPSA) is 134 Å². The Morgan fingerprint density at radius 3 is 2.61 bits per heavy atom. The lowest BCUT2D eigenvalue weighted by Gasteiger charge is -2.33. The second-order valence-electron chi connectivity index (χ2n) is 9.88. The van der Waals surface area contributed by atoms with E-state index < -0.39 is 0 Å². The zero-order valence-electron chi connectivity index (χ0n) is 20.2. The predicted octanol–water partition coefficient (Wildman–Crippen LogP) is 1.88. The number of carbonyl (C=O) groups is 1. The number of benzene rings is 1. The number of aromatic amines is 1. The average molecular weight is 491 g/mol. The van der Waals surface area contributed by atoms with Crippen molar-refractivity contribution in [3.05, 3.63) is 46.9 Å². The van der Waals surface area contributed by atoms with Gasteiger partial charge in [0.2, 0.25) is 5.82 Å².